The summed E-state index contributed by atoms with van der Waals surface area (Å²) in [6.07, 6.45) is 1.69. The third kappa shape index (κ3) is 3.76. The van der Waals surface area contributed by atoms with Gasteiger partial charge in [0.2, 0.25) is 0 Å². The molecular formula is C17H18Cl2O. The molecule has 0 aromatic heterocycles. The second kappa shape index (κ2) is 6.62. The van der Waals surface area contributed by atoms with Gasteiger partial charge in [-0.15, -0.1) is 0 Å². The maximum absolute atomic E-state index is 10.9. The Morgan fingerprint density at radius 2 is 1.50 bits per heavy atom. The molecule has 0 radical (unpaired) electrons. The summed E-state index contributed by atoms with van der Waals surface area (Å²) in [5.74, 6) is 0. The fourth-order valence-corrected chi connectivity index (χ4v) is 2.85. The molecule has 3 heteroatoms. The van der Waals surface area contributed by atoms with Crippen LogP contribution in [0.15, 0.2) is 48.5 Å². The molecule has 20 heavy (non-hydrogen) atoms. The van der Waals surface area contributed by atoms with Crippen molar-refractivity contribution in [2.75, 3.05) is 0 Å². The van der Waals surface area contributed by atoms with Gasteiger partial charge in [0.25, 0.3) is 0 Å². The van der Waals surface area contributed by atoms with Crippen LogP contribution in [0.1, 0.15) is 24.5 Å². The van der Waals surface area contributed by atoms with Crippen molar-refractivity contribution in [3.8, 4) is 0 Å². The molecule has 106 valence electrons. The van der Waals surface area contributed by atoms with E-state index >= 15 is 0 Å². The lowest BCUT2D eigenvalue weighted by molar-refractivity contribution is 0.0369. The van der Waals surface area contributed by atoms with Crippen LogP contribution < -0.4 is 0 Å². The molecule has 0 aliphatic carbocycles. The predicted molar refractivity (Wildman–Crippen MR) is 85.6 cm³/mol. The summed E-state index contributed by atoms with van der Waals surface area (Å²) in [4.78, 5) is 0. The molecule has 0 aliphatic rings. The second-order valence-electron chi connectivity index (χ2n) is 5.12. The van der Waals surface area contributed by atoms with E-state index in [-0.39, 0.29) is 0 Å². The highest BCUT2D eigenvalue weighted by molar-refractivity contribution is 6.36. The number of hydrogen-bond acceptors (Lipinski definition) is 1. The van der Waals surface area contributed by atoms with Gasteiger partial charge < -0.3 is 5.11 Å². The van der Waals surface area contributed by atoms with Crippen molar-refractivity contribution in [1.29, 1.82) is 0 Å². The summed E-state index contributed by atoms with van der Waals surface area (Å²) >= 11 is 12.4. The third-order valence-corrected chi connectivity index (χ3v) is 4.31. The first-order chi connectivity index (χ1) is 9.54. The lowest BCUT2D eigenvalue weighted by atomic mass is 9.86. The lowest BCUT2D eigenvalue weighted by Crippen LogP contribution is -2.33. The Kier molecular flexibility index (Phi) is 5.09. The maximum atomic E-state index is 10.9. The van der Waals surface area contributed by atoms with Crippen LogP contribution in [0.2, 0.25) is 10.0 Å². The largest absolute Gasteiger partial charge is 0.389 e. The van der Waals surface area contributed by atoms with E-state index in [9.17, 15) is 5.11 Å². The van der Waals surface area contributed by atoms with Crippen LogP contribution >= 0.6 is 23.2 Å². The van der Waals surface area contributed by atoms with Crippen LogP contribution in [-0.2, 0) is 12.8 Å². The summed E-state index contributed by atoms with van der Waals surface area (Å²) in [5, 5.41) is 12.1. The standard InChI is InChI=1S/C17H18Cl2O/c1-2-17(20,11-13-7-4-3-5-8-13)12-14-15(18)9-6-10-16(14)19/h3-10,20H,2,11-12H2,1H3. The van der Waals surface area contributed by atoms with Crippen LogP contribution in [0, 0.1) is 0 Å². The van der Waals surface area contributed by atoms with E-state index in [1.165, 1.54) is 0 Å². The summed E-state index contributed by atoms with van der Waals surface area (Å²) in [5.41, 5.74) is 1.09. The van der Waals surface area contributed by atoms with Crippen molar-refractivity contribution in [3.05, 3.63) is 69.7 Å². The zero-order valence-corrected chi connectivity index (χ0v) is 13.0. The molecule has 1 unspecified atom stereocenters. The minimum absolute atomic E-state index is 0.455. The van der Waals surface area contributed by atoms with Crippen LogP contribution in [0.25, 0.3) is 0 Å². The zero-order valence-electron chi connectivity index (χ0n) is 11.4. The van der Waals surface area contributed by atoms with Crippen molar-refractivity contribution in [3.63, 3.8) is 0 Å². The Hall–Kier alpha value is -1.02. The Balaban J connectivity index is 2.23. The van der Waals surface area contributed by atoms with E-state index in [1.807, 2.05) is 43.3 Å². The molecule has 1 N–H and O–H groups in total. The van der Waals surface area contributed by atoms with Crippen molar-refractivity contribution < 1.29 is 5.11 Å². The van der Waals surface area contributed by atoms with E-state index in [2.05, 4.69) is 0 Å². The summed E-state index contributed by atoms with van der Waals surface area (Å²) in [6.45, 7) is 1.98. The number of halogens is 2. The van der Waals surface area contributed by atoms with Gasteiger partial charge in [-0.1, -0.05) is 66.5 Å². The molecule has 0 amide bonds. The molecule has 0 fully saturated rings. The molecule has 1 atom stereocenters. The van der Waals surface area contributed by atoms with Crippen LogP contribution in [0.5, 0.6) is 0 Å². The number of hydrogen-bond donors (Lipinski definition) is 1. The van der Waals surface area contributed by atoms with Crippen LogP contribution in [0.3, 0.4) is 0 Å². The molecule has 1 nitrogen and oxygen atoms in total. The first-order valence-electron chi connectivity index (χ1n) is 6.73. The van der Waals surface area contributed by atoms with Crippen molar-refractivity contribution in [2.45, 2.75) is 31.8 Å². The molecule has 0 saturated heterocycles. The molecule has 0 spiro atoms. The zero-order chi connectivity index (χ0) is 14.6. The molecule has 0 heterocycles. The first-order valence-corrected chi connectivity index (χ1v) is 7.49. The summed E-state index contributed by atoms with van der Waals surface area (Å²) in [7, 11) is 0. The van der Waals surface area contributed by atoms with Gasteiger partial charge in [0.15, 0.2) is 0 Å². The molecule has 0 saturated carbocycles. The van der Waals surface area contributed by atoms with Gasteiger partial charge in [-0.05, 0) is 29.7 Å². The highest BCUT2D eigenvalue weighted by Gasteiger charge is 2.27. The van der Waals surface area contributed by atoms with E-state index in [1.54, 1.807) is 12.1 Å². The van der Waals surface area contributed by atoms with Gasteiger partial charge in [-0.25, -0.2) is 0 Å². The van der Waals surface area contributed by atoms with Crippen molar-refractivity contribution in [1.82, 2.24) is 0 Å². The number of rotatable bonds is 5. The highest BCUT2D eigenvalue weighted by atomic mass is 35.5. The Labute approximate surface area is 130 Å². The van der Waals surface area contributed by atoms with Crippen molar-refractivity contribution in [2.24, 2.45) is 0 Å². The average molecular weight is 309 g/mol. The predicted octanol–water partition coefficient (Wildman–Crippen LogP) is 4.92. The highest BCUT2D eigenvalue weighted by Crippen LogP contribution is 2.31. The fourth-order valence-electron chi connectivity index (χ4n) is 2.32. The Morgan fingerprint density at radius 3 is 2.05 bits per heavy atom. The van der Waals surface area contributed by atoms with Gasteiger partial charge in [0, 0.05) is 22.9 Å². The first kappa shape index (κ1) is 15.4. The van der Waals surface area contributed by atoms with E-state index in [4.69, 9.17) is 23.2 Å². The lowest BCUT2D eigenvalue weighted by Gasteiger charge is -2.28. The smallest absolute Gasteiger partial charge is 0.0726 e. The Bertz CT molecular complexity index is 548. The summed E-state index contributed by atoms with van der Waals surface area (Å²) in [6, 6.07) is 15.4. The quantitative estimate of drug-likeness (QED) is 0.831. The molecule has 0 aliphatic heterocycles. The monoisotopic (exact) mass is 308 g/mol. The van der Waals surface area contributed by atoms with E-state index < -0.39 is 5.60 Å². The molecular weight excluding hydrogens is 291 g/mol. The van der Waals surface area contributed by atoms with Gasteiger partial charge in [0.1, 0.15) is 0 Å². The molecule has 2 aromatic rings. The number of aliphatic hydroxyl groups is 1. The maximum Gasteiger partial charge on any atom is 0.0726 e. The fraction of sp³-hybridized carbons (Fsp3) is 0.294. The van der Waals surface area contributed by atoms with Crippen molar-refractivity contribution >= 4 is 23.2 Å². The van der Waals surface area contributed by atoms with E-state index in [0.717, 1.165) is 11.1 Å². The third-order valence-electron chi connectivity index (χ3n) is 3.60. The topological polar surface area (TPSA) is 20.2 Å². The van der Waals surface area contributed by atoms with Crippen LogP contribution in [-0.4, -0.2) is 10.7 Å². The average Bonchev–Trinajstić information content (AvgIpc) is 2.44. The normalized spacial score (nSPS) is 14.0. The van der Waals surface area contributed by atoms with Crippen LogP contribution in [0.4, 0.5) is 0 Å². The minimum atomic E-state index is -0.837. The minimum Gasteiger partial charge on any atom is -0.389 e. The van der Waals surface area contributed by atoms with E-state index in [0.29, 0.717) is 29.3 Å². The van der Waals surface area contributed by atoms with Gasteiger partial charge >= 0.3 is 0 Å². The molecule has 0 bridgehead atoms. The second-order valence-corrected chi connectivity index (χ2v) is 5.93. The van der Waals surface area contributed by atoms with Gasteiger partial charge in [-0.2, -0.15) is 0 Å². The summed E-state index contributed by atoms with van der Waals surface area (Å²) < 4.78 is 0. The van der Waals surface area contributed by atoms with Gasteiger partial charge in [-0.3, -0.25) is 0 Å². The number of benzene rings is 2. The SMILES string of the molecule is CCC(O)(Cc1ccccc1)Cc1c(Cl)cccc1Cl. The van der Waals surface area contributed by atoms with Gasteiger partial charge in [0.05, 0.1) is 5.60 Å². The molecule has 2 rings (SSSR count). The Morgan fingerprint density at radius 1 is 0.900 bits per heavy atom. The molecule has 2 aromatic carbocycles.